The van der Waals surface area contributed by atoms with Crippen LogP contribution in [-0.4, -0.2) is 31.4 Å². The molecule has 0 amide bonds. The Morgan fingerprint density at radius 1 is 1.11 bits per heavy atom. The molecule has 47 heavy (non-hydrogen) atoms. The highest BCUT2D eigenvalue weighted by molar-refractivity contribution is 9.10. The Labute approximate surface area is 289 Å². The maximum absolute atomic E-state index is 14.2. The van der Waals surface area contributed by atoms with Gasteiger partial charge in [0.15, 0.2) is 16.3 Å². The fraction of sp³-hybridized carbons (Fsp3) is 0.257. The molecule has 0 radical (unpaired) electrons. The molecule has 1 aromatic heterocycles. The van der Waals surface area contributed by atoms with Crippen LogP contribution in [0.2, 0.25) is 5.02 Å². The minimum Gasteiger partial charge on any atom is -0.496 e. The van der Waals surface area contributed by atoms with Gasteiger partial charge in [0.25, 0.3) is 5.56 Å². The number of carbonyl (C=O) groups excluding carboxylic acids is 1. The van der Waals surface area contributed by atoms with Gasteiger partial charge in [-0.2, -0.15) is 5.26 Å². The number of methoxy groups -OCH3 is 2. The number of nitriles is 1. The van der Waals surface area contributed by atoms with E-state index in [-0.39, 0.29) is 24.3 Å². The second-order valence-electron chi connectivity index (χ2n) is 10.4. The van der Waals surface area contributed by atoms with Crippen LogP contribution in [0.25, 0.3) is 6.08 Å². The van der Waals surface area contributed by atoms with E-state index in [1.165, 1.54) is 23.0 Å². The average Bonchev–Trinajstić information content (AvgIpc) is 3.37. The van der Waals surface area contributed by atoms with Crippen molar-refractivity contribution in [2.24, 2.45) is 4.99 Å². The Kier molecular flexibility index (Phi) is 10.9. The van der Waals surface area contributed by atoms with E-state index in [9.17, 15) is 9.59 Å². The standard InChI is InChI=1S/C35H31BrClN3O6S/c1-5-7-26-30(34(42)45-6-2)31(24-17-23(37)12-13-27(24)43-3)40-33(41)29(47-35(40)39-26)16-22-14-25(36)32(28(15-22)44-4)46-19-21-10-8-20(18-38)9-11-21/h8-17,31H,5-7,19H2,1-4H3/b29-16-/t31-/m1/s1. The monoisotopic (exact) mass is 735 g/mol. The molecule has 1 aliphatic rings. The van der Waals surface area contributed by atoms with E-state index in [1.807, 2.05) is 25.1 Å². The maximum atomic E-state index is 14.2. The first kappa shape index (κ1) is 34.0. The Balaban J connectivity index is 1.62. The second-order valence-corrected chi connectivity index (χ2v) is 12.7. The fourth-order valence-electron chi connectivity index (χ4n) is 5.28. The Bertz CT molecular complexity index is 2080. The SMILES string of the molecule is CCCC1=C(C(=O)OCC)[C@@H](c2cc(Cl)ccc2OC)n2c(s/c(=C\c3cc(Br)c(OCc4ccc(C#N)cc4)c(OC)c3)c2=O)=N1. The highest BCUT2D eigenvalue weighted by Crippen LogP contribution is 2.39. The quantitative estimate of drug-likeness (QED) is 0.163. The minimum atomic E-state index is -0.873. The lowest BCUT2D eigenvalue weighted by Crippen LogP contribution is -2.40. The number of allylic oxidation sites excluding steroid dienone is 1. The molecule has 0 fully saturated rings. The molecule has 0 N–H and O–H groups in total. The van der Waals surface area contributed by atoms with Crippen LogP contribution in [0.3, 0.4) is 0 Å². The molecule has 3 aromatic carbocycles. The van der Waals surface area contributed by atoms with E-state index >= 15 is 0 Å². The van der Waals surface area contributed by atoms with E-state index < -0.39 is 12.0 Å². The van der Waals surface area contributed by atoms with Crippen LogP contribution in [0, 0.1) is 11.3 Å². The first-order chi connectivity index (χ1) is 22.7. The van der Waals surface area contributed by atoms with Crippen molar-refractivity contribution in [1.29, 1.82) is 5.26 Å². The molecule has 5 rings (SSSR count). The third-order valence-electron chi connectivity index (χ3n) is 7.39. The number of thiazole rings is 1. The van der Waals surface area contributed by atoms with Gasteiger partial charge in [-0.3, -0.25) is 9.36 Å². The summed E-state index contributed by atoms with van der Waals surface area (Å²) in [5.41, 5.74) is 3.18. The number of rotatable bonds is 11. The molecule has 9 nitrogen and oxygen atoms in total. The molecule has 0 saturated carbocycles. The van der Waals surface area contributed by atoms with Crippen LogP contribution in [0.4, 0.5) is 0 Å². The van der Waals surface area contributed by atoms with E-state index in [0.717, 1.165) is 12.0 Å². The van der Waals surface area contributed by atoms with Gasteiger partial charge in [-0.25, -0.2) is 9.79 Å². The average molecular weight is 737 g/mol. The van der Waals surface area contributed by atoms with Gasteiger partial charge in [-0.05, 0) is 88.9 Å². The van der Waals surface area contributed by atoms with Crippen molar-refractivity contribution in [2.75, 3.05) is 20.8 Å². The molecule has 0 spiro atoms. The highest BCUT2D eigenvalue weighted by atomic mass is 79.9. The summed E-state index contributed by atoms with van der Waals surface area (Å²) in [7, 11) is 3.07. The van der Waals surface area contributed by atoms with E-state index in [1.54, 1.807) is 56.5 Å². The number of carbonyl (C=O) groups is 1. The summed E-state index contributed by atoms with van der Waals surface area (Å²) in [4.78, 5) is 33.0. The summed E-state index contributed by atoms with van der Waals surface area (Å²) in [5.74, 6) is 0.875. The summed E-state index contributed by atoms with van der Waals surface area (Å²) < 4.78 is 25.4. The predicted octanol–water partition coefficient (Wildman–Crippen LogP) is 6.46. The zero-order chi connectivity index (χ0) is 33.7. The number of hydrogen-bond donors (Lipinski definition) is 0. The molecule has 1 aliphatic heterocycles. The number of benzene rings is 3. The van der Waals surface area contributed by atoms with Gasteiger partial charge in [0.1, 0.15) is 18.4 Å². The number of ether oxygens (including phenoxy) is 4. The number of aromatic nitrogens is 1. The smallest absolute Gasteiger partial charge is 0.338 e. The molecule has 0 aliphatic carbocycles. The van der Waals surface area contributed by atoms with Gasteiger partial charge in [0, 0.05) is 10.6 Å². The molecule has 242 valence electrons. The van der Waals surface area contributed by atoms with Gasteiger partial charge in [0.2, 0.25) is 0 Å². The zero-order valence-corrected chi connectivity index (χ0v) is 29.3. The van der Waals surface area contributed by atoms with Gasteiger partial charge in [-0.1, -0.05) is 48.4 Å². The number of esters is 1. The number of hydrogen-bond acceptors (Lipinski definition) is 9. The first-order valence-electron chi connectivity index (χ1n) is 14.8. The maximum Gasteiger partial charge on any atom is 0.338 e. The largest absolute Gasteiger partial charge is 0.496 e. The van der Waals surface area contributed by atoms with E-state index in [2.05, 4.69) is 22.0 Å². The van der Waals surface area contributed by atoms with Crippen LogP contribution in [0.5, 0.6) is 17.2 Å². The summed E-state index contributed by atoms with van der Waals surface area (Å²) in [5, 5.41) is 9.49. The van der Waals surface area contributed by atoms with Crippen LogP contribution in [0.1, 0.15) is 55.0 Å². The van der Waals surface area contributed by atoms with E-state index in [4.69, 9.17) is 40.8 Å². The molecule has 12 heteroatoms. The van der Waals surface area contributed by atoms with Crippen molar-refractivity contribution < 1.29 is 23.7 Å². The van der Waals surface area contributed by atoms with Crippen molar-refractivity contribution >= 4 is 50.9 Å². The topological polar surface area (TPSA) is 112 Å². The molecule has 0 saturated heterocycles. The molecule has 4 aromatic rings. The molecule has 0 bridgehead atoms. The van der Waals surface area contributed by atoms with Crippen LogP contribution < -0.4 is 29.1 Å². The first-order valence-corrected chi connectivity index (χ1v) is 16.8. The second kappa shape index (κ2) is 15.0. The fourth-order valence-corrected chi connectivity index (χ4v) is 7.05. The third kappa shape index (κ3) is 7.15. The van der Waals surface area contributed by atoms with Crippen molar-refractivity contribution in [1.82, 2.24) is 4.57 Å². The van der Waals surface area contributed by atoms with Gasteiger partial charge >= 0.3 is 5.97 Å². The Morgan fingerprint density at radius 3 is 2.51 bits per heavy atom. The predicted molar refractivity (Wildman–Crippen MR) is 184 cm³/mol. The van der Waals surface area contributed by atoms with Crippen LogP contribution in [0.15, 0.2) is 80.1 Å². The zero-order valence-electron chi connectivity index (χ0n) is 26.1. The molecule has 2 heterocycles. The van der Waals surface area contributed by atoms with Crippen molar-refractivity contribution in [3.05, 3.63) is 117 Å². The highest BCUT2D eigenvalue weighted by Gasteiger charge is 2.36. The lowest BCUT2D eigenvalue weighted by atomic mass is 9.93. The summed E-state index contributed by atoms with van der Waals surface area (Å²) in [6.07, 6.45) is 2.98. The minimum absolute atomic E-state index is 0.162. The van der Waals surface area contributed by atoms with E-state index in [0.29, 0.717) is 64.9 Å². The van der Waals surface area contributed by atoms with Gasteiger partial charge < -0.3 is 18.9 Å². The van der Waals surface area contributed by atoms with Gasteiger partial charge in [0.05, 0.1) is 52.7 Å². The van der Waals surface area contributed by atoms with Crippen molar-refractivity contribution in [3.8, 4) is 23.3 Å². The lowest BCUT2D eigenvalue weighted by molar-refractivity contribution is -0.139. The number of halogens is 2. The Morgan fingerprint density at radius 2 is 1.85 bits per heavy atom. The number of nitrogens with zero attached hydrogens (tertiary/aromatic N) is 3. The van der Waals surface area contributed by atoms with Crippen molar-refractivity contribution in [2.45, 2.75) is 39.3 Å². The molecular weight excluding hydrogens is 706 g/mol. The van der Waals surface area contributed by atoms with Crippen molar-refractivity contribution in [3.63, 3.8) is 0 Å². The Hall–Kier alpha value is -4.37. The van der Waals surface area contributed by atoms with Crippen LogP contribution in [-0.2, 0) is 16.1 Å². The van der Waals surface area contributed by atoms with Gasteiger partial charge in [-0.15, -0.1) is 0 Å². The molecule has 1 atom stereocenters. The molecular formula is C35H31BrClN3O6S. The summed E-state index contributed by atoms with van der Waals surface area (Å²) in [6.45, 7) is 4.15. The third-order valence-corrected chi connectivity index (χ3v) is 9.20. The number of fused-ring (bicyclic) bond motifs is 1. The lowest BCUT2D eigenvalue weighted by Gasteiger charge is -2.27. The van der Waals surface area contributed by atoms with Crippen LogP contribution >= 0.6 is 38.9 Å². The summed E-state index contributed by atoms with van der Waals surface area (Å²) >= 11 is 11.3. The summed E-state index contributed by atoms with van der Waals surface area (Å²) in [6, 6.07) is 17.1. The molecule has 0 unspecified atom stereocenters. The normalized spacial score (nSPS) is 14.2.